The van der Waals surface area contributed by atoms with Gasteiger partial charge in [0.2, 0.25) is 5.91 Å². The molecule has 0 fully saturated rings. The highest BCUT2D eigenvalue weighted by molar-refractivity contribution is 5.92. The van der Waals surface area contributed by atoms with E-state index in [9.17, 15) is 9.59 Å². The minimum absolute atomic E-state index is 0.0652. The van der Waals surface area contributed by atoms with E-state index in [0.29, 0.717) is 13.1 Å². The number of carbonyl (C=O) groups excluding carboxylic acids is 2. The zero-order valence-electron chi connectivity index (χ0n) is 13.8. The molecule has 1 rings (SSSR count). The van der Waals surface area contributed by atoms with E-state index in [2.05, 4.69) is 16.0 Å². The van der Waals surface area contributed by atoms with Gasteiger partial charge in [-0.2, -0.15) is 0 Å². The van der Waals surface area contributed by atoms with Gasteiger partial charge in [0.05, 0.1) is 6.54 Å². The molecular weight excluding hydrogens is 280 g/mol. The molecule has 0 bridgehead atoms. The van der Waals surface area contributed by atoms with Crippen LogP contribution in [0.25, 0.3) is 0 Å². The Morgan fingerprint density at radius 3 is 2.64 bits per heavy atom. The summed E-state index contributed by atoms with van der Waals surface area (Å²) >= 11 is 0. The Morgan fingerprint density at radius 2 is 2.00 bits per heavy atom. The van der Waals surface area contributed by atoms with Crippen molar-refractivity contribution in [2.45, 2.75) is 32.9 Å². The van der Waals surface area contributed by atoms with Crippen LogP contribution >= 0.6 is 0 Å². The van der Waals surface area contributed by atoms with Crippen LogP contribution in [-0.2, 0) is 11.3 Å². The molecule has 22 heavy (non-hydrogen) atoms. The Labute approximate surface area is 132 Å². The molecule has 0 aliphatic heterocycles. The molecule has 3 N–H and O–H groups in total. The van der Waals surface area contributed by atoms with Crippen molar-refractivity contribution in [2.75, 3.05) is 26.0 Å². The van der Waals surface area contributed by atoms with Gasteiger partial charge in [0.1, 0.15) is 0 Å². The number of rotatable bonds is 7. The number of nitrogens with one attached hydrogen (secondary N) is 3. The van der Waals surface area contributed by atoms with Gasteiger partial charge in [-0.1, -0.05) is 19.1 Å². The Bertz CT molecular complexity index is 503. The third-order valence-electron chi connectivity index (χ3n) is 3.11. The van der Waals surface area contributed by atoms with Crippen molar-refractivity contribution in [3.8, 4) is 0 Å². The highest BCUT2D eigenvalue weighted by atomic mass is 16.2. The summed E-state index contributed by atoms with van der Waals surface area (Å²) in [5.41, 5.74) is 1.66. The number of hydrogen-bond acceptors (Lipinski definition) is 3. The third-order valence-corrected chi connectivity index (χ3v) is 3.11. The van der Waals surface area contributed by atoms with Gasteiger partial charge in [0, 0.05) is 18.3 Å². The number of hydrogen-bond donors (Lipinski definition) is 3. The van der Waals surface area contributed by atoms with Crippen LogP contribution in [0.3, 0.4) is 0 Å². The van der Waals surface area contributed by atoms with Crippen molar-refractivity contribution in [3.05, 3.63) is 29.8 Å². The number of nitrogens with zero attached hydrogens (tertiary/aromatic N) is 1. The molecule has 0 spiro atoms. The summed E-state index contributed by atoms with van der Waals surface area (Å²) in [6.45, 7) is 4.73. The van der Waals surface area contributed by atoms with Crippen molar-refractivity contribution in [2.24, 2.45) is 0 Å². The van der Waals surface area contributed by atoms with E-state index < -0.39 is 0 Å². The minimum atomic E-state index is -0.184. The van der Waals surface area contributed by atoms with Gasteiger partial charge in [-0.05, 0) is 45.1 Å². The summed E-state index contributed by atoms with van der Waals surface area (Å²) in [7, 11) is 3.69. The smallest absolute Gasteiger partial charge is 0.315 e. The fourth-order valence-electron chi connectivity index (χ4n) is 1.81. The van der Waals surface area contributed by atoms with Gasteiger partial charge in [-0.15, -0.1) is 0 Å². The lowest BCUT2D eigenvalue weighted by molar-refractivity contribution is -0.116. The summed E-state index contributed by atoms with van der Waals surface area (Å²) in [4.78, 5) is 25.2. The van der Waals surface area contributed by atoms with Crippen molar-refractivity contribution in [1.82, 2.24) is 15.5 Å². The molecule has 0 saturated heterocycles. The highest BCUT2D eigenvalue weighted by Crippen LogP contribution is 2.10. The first-order valence-corrected chi connectivity index (χ1v) is 7.48. The Balaban J connectivity index is 2.50. The SMILES string of the molecule is CCC(C)NC(=O)NCc1cccc(NC(=O)CN(C)C)c1. The normalized spacial score (nSPS) is 11.9. The fraction of sp³-hybridized carbons (Fsp3) is 0.500. The maximum absolute atomic E-state index is 11.7. The van der Waals surface area contributed by atoms with Crippen molar-refractivity contribution >= 4 is 17.6 Å². The van der Waals surface area contributed by atoms with E-state index in [1.54, 1.807) is 4.90 Å². The molecule has 0 aromatic heterocycles. The average Bonchev–Trinajstić information content (AvgIpc) is 2.44. The van der Waals surface area contributed by atoms with Gasteiger partial charge in [0.25, 0.3) is 0 Å². The lowest BCUT2D eigenvalue weighted by Crippen LogP contribution is -2.40. The maximum Gasteiger partial charge on any atom is 0.315 e. The molecule has 6 heteroatoms. The Kier molecular flexibility index (Phi) is 7.39. The molecule has 1 aromatic rings. The van der Waals surface area contributed by atoms with Crippen LogP contribution < -0.4 is 16.0 Å². The zero-order chi connectivity index (χ0) is 16.5. The molecule has 1 atom stereocenters. The lowest BCUT2D eigenvalue weighted by Gasteiger charge is -2.13. The molecule has 1 aromatic carbocycles. The molecule has 0 aliphatic rings. The largest absolute Gasteiger partial charge is 0.336 e. The van der Waals surface area contributed by atoms with Crippen molar-refractivity contribution < 1.29 is 9.59 Å². The monoisotopic (exact) mass is 306 g/mol. The molecule has 3 amide bonds. The van der Waals surface area contributed by atoms with Crippen LogP contribution in [0.15, 0.2) is 24.3 Å². The van der Waals surface area contributed by atoms with Crippen molar-refractivity contribution in [1.29, 1.82) is 0 Å². The van der Waals surface area contributed by atoms with Gasteiger partial charge >= 0.3 is 6.03 Å². The second-order valence-corrected chi connectivity index (χ2v) is 5.62. The Morgan fingerprint density at radius 1 is 1.27 bits per heavy atom. The van der Waals surface area contributed by atoms with E-state index in [1.165, 1.54) is 0 Å². The van der Waals surface area contributed by atoms with Crippen LogP contribution in [-0.4, -0.2) is 43.5 Å². The van der Waals surface area contributed by atoms with Gasteiger partial charge in [-0.25, -0.2) is 4.79 Å². The summed E-state index contributed by atoms with van der Waals surface area (Å²) in [5.74, 6) is -0.0652. The highest BCUT2D eigenvalue weighted by Gasteiger charge is 2.06. The van der Waals surface area contributed by atoms with Crippen LogP contribution in [0.2, 0.25) is 0 Å². The third kappa shape index (κ3) is 7.08. The molecule has 0 heterocycles. The summed E-state index contributed by atoms with van der Waals surface area (Å²) in [6, 6.07) is 7.42. The van der Waals surface area contributed by atoms with Gasteiger partial charge < -0.3 is 20.9 Å². The molecule has 0 radical (unpaired) electrons. The predicted molar refractivity (Wildman–Crippen MR) is 88.8 cm³/mol. The molecule has 122 valence electrons. The standard InChI is InChI=1S/C16H26N4O2/c1-5-12(2)18-16(22)17-10-13-7-6-8-14(9-13)19-15(21)11-20(3)4/h6-9,12H,5,10-11H2,1-4H3,(H,19,21)(H2,17,18,22). The average molecular weight is 306 g/mol. The number of carbonyl (C=O) groups is 2. The second kappa shape index (κ2) is 9.04. The van der Waals surface area contributed by atoms with E-state index >= 15 is 0 Å². The topological polar surface area (TPSA) is 73.5 Å². The minimum Gasteiger partial charge on any atom is -0.336 e. The summed E-state index contributed by atoms with van der Waals surface area (Å²) < 4.78 is 0. The quantitative estimate of drug-likeness (QED) is 0.719. The van der Waals surface area contributed by atoms with Crippen molar-refractivity contribution in [3.63, 3.8) is 0 Å². The number of likely N-dealkylation sites (N-methyl/N-ethyl adjacent to an activating group) is 1. The first-order chi connectivity index (χ1) is 10.4. The Hall–Kier alpha value is -2.08. The molecule has 0 aliphatic carbocycles. The van der Waals surface area contributed by atoms with Gasteiger partial charge in [-0.3, -0.25) is 4.79 Å². The van der Waals surface area contributed by atoms with Crippen LogP contribution in [0.5, 0.6) is 0 Å². The molecule has 1 unspecified atom stereocenters. The van der Waals surface area contributed by atoms with E-state index in [4.69, 9.17) is 0 Å². The molecular formula is C16H26N4O2. The second-order valence-electron chi connectivity index (χ2n) is 5.62. The first kappa shape index (κ1) is 18.0. The van der Waals surface area contributed by atoms with E-state index in [-0.39, 0.29) is 18.0 Å². The molecule has 6 nitrogen and oxygen atoms in total. The maximum atomic E-state index is 11.7. The van der Waals surface area contributed by atoms with Crippen LogP contribution in [0.1, 0.15) is 25.8 Å². The fourth-order valence-corrected chi connectivity index (χ4v) is 1.81. The predicted octanol–water partition coefficient (Wildman–Crippen LogP) is 1.78. The number of urea groups is 1. The van der Waals surface area contributed by atoms with Crippen LogP contribution in [0.4, 0.5) is 10.5 Å². The summed E-state index contributed by atoms with van der Waals surface area (Å²) in [6.07, 6.45) is 0.890. The number of amides is 3. The van der Waals surface area contributed by atoms with E-state index in [1.807, 2.05) is 52.2 Å². The first-order valence-electron chi connectivity index (χ1n) is 7.48. The summed E-state index contributed by atoms with van der Waals surface area (Å²) in [5, 5.41) is 8.48. The molecule has 0 saturated carbocycles. The number of anilines is 1. The van der Waals surface area contributed by atoms with Crippen LogP contribution in [0, 0.1) is 0 Å². The van der Waals surface area contributed by atoms with E-state index in [0.717, 1.165) is 17.7 Å². The zero-order valence-corrected chi connectivity index (χ0v) is 13.8. The lowest BCUT2D eigenvalue weighted by atomic mass is 10.2. The van der Waals surface area contributed by atoms with Gasteiger partial charge in [0.15, 0.2) is 0 Å². The number of benzene rings is 1.